The van der Waals surface area contributed by atoms with Gasteiger partial charge in [0.15, 0.2) is 0 Å². The fourth-order valence-electron chi connectivity index (χ4n) is 2.15. The molecule has 3 heteroatoms. The number of nitrogens with one attached hydrogen (secondary N) is 1. The van der Waals surface area contributed by atoms with Gasteiger partial charge in [0.2, 0.25) is 5.91 Å². The largest absolute Gasteiger partial charge is 0.355 e. The molecule has 1 amide bonds. The van der Waals surface area contributed by atoms with Gasteiger partial charge in [-0.3, -0.25) is 4.79 Å². The van der Waals surface area contributed by atoms with Crippen LogP contribution in [0.15, 0.2) is 0 Å². The molecule has 0 aromatic carbocycles. The van der Waals surface area contributed by atoms with Gasteiger partial charge in [0, 0.05) is 19.0 Å². The molecular weight excluding hydrogens is 188 g/mol. The van der Waals surface area contributed by atoms with Gasteiger partial charge in [-0.05, 0) is 37.5 Å². The maximum Gasteiger partial charge on any atom is 0.221 e. The highest BCUT2D eigenvalue weighted by atomic mass is 16.1. The van der Waals surface area contributed by atoms with E-state index in [1.165, 1.54) is 19.3 Å². The molecule has 1 unspecified atom stereocenters. The first-order valence-corrected chi connectivity index (χ1v) is 5.96. The highest BCUT2D eigenvalue weighted by Gasteiger charge is 2.42. The molecule has 1 rings (SSSR count). The van der Waals surface area contributed by atoms with Crippen LogP contribution in [-0.2, 0) is 4.79 Å². The first-order chi connectivity index (χ1) is 6.93. The van der Waals surface area contributed by atoms with Crippen LogP contribution in [0.2, 0.25) is 0 Å². The summed E-state index contributed by atoms with van der Waals surface area (Å²) in [5, 5.41) is 3.00. The Balaban J connectivity index is 2.22. The van der Waals surface area contributed by atoms with Gasteiger partial charge in [-0.25, -0.2) is 0 Å². The summed E-state index contributed by atoms with van der Waals surface area (Å²) in [5.74, 6) is 0.817. The zero-order valence-electron chi connectivity index (χ0n) is 10.2. The van der Waals surface area contributed by atoms with Crippen LogP contribution in [0.5, 0.6) is 0 Å². The summed E-state index contributed by atoms with van der Waals surface area (Å²) in [7, 11) is 0. The Morgan fingerprint density at radius 3 is 2.40 bits per heavy atom. The van der Waals surface area contributed by atoms with E-state index in [2.05, 4.69) is 19.2 Å². The van der Waals surface area contributed by atoms with E-state index in [1.54, 1.807) is 0 Å². The molecular formula is C12H24N2O. The van der Waals surface area contributed by atoms with Crippen LogP contribution in [-0.4, -0.2) is 18.5 Å². The van der Waals surface area contributed by atoms with Crippen LogP contribution in [0.4, 0.5) is 0 Å². The highest BCUT2D eigenvalue weighted by molar-refractivity contribution is 5.76. The normalized spacial score (nSPS) is 20.1. The third kappa shape index (κ3) is 4.65. The molecule has 0 heterocycles. The summed E-state index contributed by atoms with van der Waals surface area (Å²) < 4.78 is 0. The number of carbonyl (C=O) groups excluding carboxylic acids is 1. The van der Waals surface area contributed by atoms with Crippen LogP contribution < -0.4 is 11.1 Å². The fraction of sp³-hybridized carbons (Fsp3) is 0.917. The second-order valence-electron chi connectivity index (χ2n) is 5.56. The molecule has 0 aromatic rings. The number of carbonyl (C=O) groups is 1. The minimum Gasteiger partial charge on any atom is -0.355 e. The number of hydrogen-bond donors (Lipinski definition) is 2. The Kier molecular flexibility index (Phi) is 4.14. The number of hydrogen-bond acceptors (Lipinski definition) is 2. The average Bonchev–Trinajstić information content (AvgIpc) is 2.80. The molecule has 15 heavy (non-hydrogen) atoms. The van der Waals surface area contributed by atoms with E-state index in [4.69, 9.17) is 5.73 Å². The van der Waals surface area contributed by atoms with E-state index in [0.717, 1.165) is 12.5 Å². The average molecular weight is 212 g/mol. The molecule has 88 valence electrons. The molecule has 1 aliphatic rings. The quantitative estimate of drug-likeness (QED) is 0.703. The summed E-state index contributed by atoms with van der Waals surface area (Å²) in [6.45, 7) is 7.19. The summed E-state index contributed by atoms with van der Waals surface area (Å²) in [6, 6.07) is -0.0368. The van der Waals surface area contributed by atoms with Crippen LogP contribution in [0.25, 0.3) is 0 Å². The molecule has 1 fully saturated rings. The number of amides is 1. The number of nitrogens with two attached hydrogens (primary N) is 1. The standard InChI is InChI=1S/C12H24N2O/c1-9(2)7-12(4-5-12)8-14-11(15)6-10(3)13/h9-10H,4-8,13H2,1-3H3,(H,14,15). The zero-order valence-corrected chi connectivity index (χ0v) is 10.2. The molecule has 0 radical (unpaired) electrons. The lowest BCUT2D eigenvalue weighted by atomic mass is 9.94. The fourth-order valence-corrected chi connectivity index (χ4v) is 2.15. The predicted molar refractivity (Wildman–Crippen MR) is 62.4 cm³/mol. The molecule has 0 bridgehead atoms. The molecule has 3 N–H and O–H groups in total. The van der Waals surface area contributed by atoms with Gasteiger partial charge in [0.25, 0.3) is 0 Å². The summed E-state index contributed by atoms with van der Waals surface area (Å²) in [5.41, 5.74) is 5.99. The van der Waals surface area contributed by atoms with Crippen LogP contribution in [0.3, 0.4) is 0 Å². The van der Waals surface area contributed by atoms with Crippen LogP contribution >= 0.6 is 0 Å². The van der Waals surface area contributed by atoms with Crippen molar-refractivity contribution >= 4 is 5.91 Å². The van der Waals surface area contributed by atoms with E-state index >= 15 is 0 Å². The maximum absolute atomic E-state index is 11.4. The van der Waals surface area contributed by atoms with Gasteiger partial charge in [-0.15, -0.1) is 0 Å². The molecule has 1 saturated carbocycles. The number of rotatable bonds is 6. The molecule has 1 aliphatic carbocycles. The van der Waals surface area contributed by atoms with E-state index in [-0.39, 0.29) is 11.9 Å². The molecule has 1 atom stereocenters. The van der Waals surface area contributed by atoms with Gasteiger partial charge in [-0.2, -0.15) is 0 Å². The van der Waals surface area contributed by atoms with Crippen molar-refractivity contribution in [1.29, 1.82) is 0 Å². The van der Waals surface area contributed by atoms with Crippen molar-refractivity contribution in [3.8, 4) is 0 Å². The first-order valence-electron chi connectivity index (χ1n) is 5.96. The first kappa shape index (κ1) is 12.5. The summed E-state index contributed by atoms with van der Waals surface area (Å²) >= 11 is 0. The van der Waals surface area contributed by atoms with Crippen molar-refractivity contribution < 1.29 is 4.79 Å². The molecule has 0 aliphatic heterocycles. The SMILES string of the molecule is CC(C)CC1(CNC(=O)CC(C)N)CC1. The lowest BCUT2D eigenvalue weighted by Gasteiger charge is -2.18. The van der Waals surface area contributed by atoms with Gasteiger partial charge in [-0.1, -0.05) is 13.8 Å². The predicted octanol–water partition coefficient (Wildman–Crippen LogP) is 1.67. The van der Waals surface area contributed by atoms with Crippen LogP contribution in [0, 0.1) is 11.3 Å². The van der Waals surface area contributed by atoms with E-state index in [9.17, 15) is 4.79 Å². The third-order valence-electron chi connectivity index (χ3n) is 2.97. The second kappa shape index (κ2) is 4.97. The van der Waals surface area contributed by atoms with Crippen molar-refractivity contribution in [2.45, 2.75) is 52.5 Å². The van der Waals surface area contributed by atoms with E-state index < -0.39 is 0 Å². The molecule has 0 aromatic heterocycles. The van der Waals surface area contributed by atoms with E-state index in [0.29, 0.717) is 11.8 Å². The lowest BCUT2D eigenvalue weighted by molar-refractivity contribution is -0.121. The van der Waals surface area contributed by atoms with Gasteiger partial charge >= 0.3 is 0 Å². The minimum absolute atomic E-state index is 0.0368. The Bertz CT molecular complexity index is 220. The van der Waals surface area contributed by atoms with E-state index in [1.807, 2.05) is 6.92 Å². The van der Waals surface area contributed by atoms with Gasteiger partial charge < -0.3 is 11.1 Å². The molecule has 0 spiro atoms. The Labute approximate surface area is 92.8 Å². The van der Waals surface area contributed by atoms with Crippen molar-refractivity contribution in [2.24, 2.45) is 17.1 Å². The Morgan fingerprint density at radius 1 is 1.40 bits per heavy atom. The smallest absolute Gasteiger partial charge is 0.221 e. The minimum atomic E-state index is -0.0368. The highest BCUT2D eigenvalue weighted by Crippen LogP contribution is 2.49. The third-order valence-corrected chi connectivity index (χ3v) is 2.97. The monoisotopic (exact) mass is 212 g/mol. The maximum atomic E-state index is 11.4. The Morgan fingerprint density at radius 2 is 2.00 bits per heavy atom. The lowest BCUT2D eigenvalue weighted by Crippen LogP contribution is -2.34. The van der Waals surface area contributed by atoms with Crippen molar-refractivity contribution in [3.05, 3.63) is 0 Å². The van der Waals surface area contributed by atoms with Gasteiger partial charge in [0.05, 0.1) is 0 Å². The second-order valence-corrected chi connectivity index (χ2v) is 5.56. The van der Waals surface area contributed by atoms with Crippen LogP contribution in [0.1, 0.15) is 46.5 Å². The summed E-state index contributed by atoms with van der Waals surface area (Å²) in [4.78, 5) is 11.4. The zero-order chi connectivity index (χ0) is 11.5. The van der Waals surface area contributed by atoms with Crippen molar-refractivity contribution in [1.82, 2.24) is 5.32 Å². The topological polar surface area (TPSA) is 55.1 Å². The van der Waals surface area contributed by atoms with Crippen molar-refractivity contribution in [2.75, 3.05) is 6.54 Å². The van der Waals surface area contributed by atoms with Crippen molar-refractivity contribution in [3.63, 3.8) is 0 Å². The Hall–Kier alpha value is -0.570. The molecule has 3 nitrogen and oxygen atoms in total. The summed E-state index contributed by atoms with van der Waals surface area (Å²) in [6.07, 6.45) is 4.20. The van der Waals surface area contributed by atoms with Gasteiger partial charge in [0.1, 0.15) is 0 Å². The molecule has 0 saturated heterocycles.